The van der Waals surface area contributed by atoms with E-state index in [0.717, 1.165) is 10.6 Å². The molecule has 19 heavy (non-hydrogen) atoms. The summed E-state index contributed by atoms with van der Waals surface area (Å²) in [5.41, 5.74) is 1.22. The van der Waals surface area contributed by atoms with E-state index in [1.165, 1.54) is 16.2 Å². The van der Waals surface area contributed by atoms with Gasteiger partial charge in [0, 0.05) is 30.4 Å². The monoisotopic (exact) mass is 296 g/mol. The van der Waals surface area contributed by atoms with Crippen LogP contribution in [0.15, 0.2) is 22.2 Å². The summed E-state index contributed by atoms with van der Waals surface area (Å²) >= 11 is 2.95. The number of thiophene rings is 1. The van der Waals surface area contributed by atoms with Crippen LogP contribution in [0.5, 0.6) is 0 Å². The van der Waals surface area contributed by atoms with Crippen molar-refractivity contribution in [2.75, 3.05) is 20.7 Å². The van der Waals surface area contributed by atoms with Crippen LogP contribution < -0.4 is 0 Å². The molecule has 0 spiro atoms. The third-order valence-corrected chi connectivity index (χ3v) is 3.88. The van der Waals surface area contributed by atoms with E-state index in [1.54, 1.807) is 30.8 Å². The number of carbonyl (C=O) groups excluding carboxylic acids is 2. The highest BCUT2D eigenvalue weighted by Crippen LogP contribution is 2.25. The van der Waals surface area contributed by atoms with E-state index < -0.39 is 5.97 Å². The van der Waals surface area contributed by atoms with Gasteiger partial charge in [-0.2, -0.15) is 11.3 Å². The normalized spacial score (nSPS) is 10.2. The molecule has 7 heteroatoms. The molecule has 1 amide bonds. The van der Waals surface area contributed by atoms with E-state index in [1.807, 2.05) is 16.8 Å². The van der Waals surface area contributed by atoms with Crippen LogP contribution in [0.25, 0.3) is 10.6 Å². The van der Waals surface area contributed by atoms with Gasteiger partial charge in [0.25, 0.3) is 5.91 Å². The predicted octanol–water partition coefficient (Wildman–Crippen LogP) is 2.12. The van der Waals surface area contributed by atoms with Crippen LogP contribution in [0, 0.1) is 0 Å². The first-order valence-electron chi connectivity index (χ1n) is 5.43. The summed E-state index contributed by atoms with van der Waals surface area (Å²) in [4.78, 5) is 28.6. The molecule has 2 aromatic heterocycles. The molecule has 0 radical (unpaired) electrons. The van der Waals surface area contributed by atoms with Crippen LogP contribution in [-0.2, 0) is 9.53 Å². The highest BCUT2D eigenvalue weighted by atomic mass is 32.1. The second-order valence-electron chi connectivity index (χ2n) is 3.91. The van der Waals surface area contributed by atoms with Crippen molar-refractivity contribution < 1.29 is 14.3 Å². The molecule has 0 saturated carbocycles. The fraction of sp³-hybridized carbons (Fsp3) is 0.250. The Hall–Kier alpha value is -1.73. The zero-order chi connectivity index (χ0) is 13.8. The fourth-order valence-electron chi connectivity index (χ4n) is 1.22. The van der Waals surface area contributed by atoms with Gasteiger partial charge in [-0.25, -0.2) is 9.78 Å². The lowest BCUT2D eigenvalue weighted by Gasteiger charge is -2.09. The molecule has 2 aromatic rings. The van der Waals surface area contributed by atoms with Gasteiger partial charge in [-0.15, -0.1) is 11.3 Å². The summed E-state index contributed by atoms with van der Waals surface area (Å²) < 4.78 is 4.90. The Morgan fingerprint density at radius 2 is 2.16 bits per heavy atom. The van der Waals surface area contributed by atoms with Crippen molar-refractivity contribution in [3.63, 3.8) is 0 Å². The van der Waals surface area contributed by atoms with Crippen molar-refractivity contribution in [3.8, 4) is 10.6 Å². The summed E-state index contributed by atoms with van der Waals surface area (Å²) in [5.74, 6) is -0.838. The summed E-state index contributed by atoms with van der Waals surface area (Å²) in [5, 5.41) is 6.32. The second-order valence-corrected chi connectivity index (χ2v) is 5.55. The Bertz CT molecular complexity index is 576. The summed E-state index contributed by atoms with van der Waals surface area (Å²) in [7, 11) is 3.21. The summed E-state index contributed by atoms with van der Waals surface area (Å²) in [6.45, 7) is -0.267. The molecule has 0 aliphatic heterocycles. The maximum absolute atomic E-state index is 11.7. The Labute approximate surface area is 118 Å². The topological polar surface area (TPSA) is 59.5 Å². The van der Waals surface area contributed by atoms with Crippen molar-refractivity contribution >= 4 is 34.6 Å². The molecule has 0 aliphatic carbocycles. The molecule has 0 fully saturated rings. The summed E-state index contributed by atoms with van der Waals surface area (Å²) in [6.07, 6.45) is 0. The average molecular weight is 296 g/mol. The van der Waals surface area contributed by atoms with Gasteiger partial charge in [0.2, 0.25) is 0 Å². The lowest BCUT2D eigenvalue weighted by molar-refractivity contribution is -0.131. The third kappa shape index (κ3) is 3.39. The number of ether oxygens (including phenoxy) is 1. The first kappa shape index (κ1) is 13.7. The largest absolute Gasteiger partial charge is 0.451 e. The molecule has 100 valence electrons. The number of rotatable bonds is 4. The highest BCUT2D eigenvalue weighted by Gasteiger charge is 2.15. The SMILES string of the molecule is CN(C)C(=O)COC(=O)c1csc(-c2ccsc2)n1. The van der Waals surface area contributed by atoms with E-state index in [9.17, 15) is 9.59 Å². The number of thiazole rings is 1. The van der Waals surface area contributed by atoms with Crippen LogP contribution in [0.3, 0.4) is 0 Å². The van der Waals surface area contributed by atoms with Gasteiger partial charge < -0.3 is 9.64 Å². The minimum absolute atomic E-state index is 0.234. The zero-order valence-corrected chi connectivity index (χ0v) is 12.1. The van der Waals surface area contributed by atoms with E-state index in [2.05, 4.69) is 4.98 Å². The van der Waals surface area contributed by atoms with E-state index in [-0.39, 0.29) is 18.2 Å². The zero-order valence-electron chi connectivity index (χ0n) is 10.5. The number of likely N-dealkylation sites (N-methyl/N-ethyl adjacent to an activating group) is 1. The fourth-order valence-corrected chi connectivity index (χ4v) is 2.72. The van der Waals surface area contributed by atoms with E-state index in [4.69, 9.17) is 4.74 Å². The number of amides is 1. The van der Waals surface area contributed by atoms with Crippen molar-refractivity contribution in [1.82, 2.24) is 9.88 Å². The Morgan fingerprint density at radius 1 is 1.37 bits per heavy atom. The molecule has 5 nitrogen and oxygen atoms in total. The van der Waals surface area contributed by atoms with Crippen LogP contribution in [-0.4, -0.2) is 42.5 Å². The Balaban J connectivity index is 1.99. The molecular formula is C12H12N2O3S2. The Morgan fingerprint density at radius 3 is 2.79 bits per heavy atom. The third-order valence-electron chi connectivity index (χ3n) is 2.31. The minimum Gasteiger partial charge on any atom is -0.451 e. The standard InChI is InChI=1S/C12H12N2O3S2/c1-14(2)10(15)5-17-12(16)9-7-19-11(13-9)8-3-4-18-6-8/h3-4,6-7H,5H2,1-2H3. The maximum Gasteiger partial charge on any atom is 0.358 e. The van der Waals surface area contributed by atoms with Gasteiger partial charge in [-0.3, -0.25) is 4.79 Å². The first-order chi connectivity index (χ1) is 9.08. The van der Waals surface area contributed by atoms with Crippen LogP contribution >= 0.6 is 22.7 Å². The molecule has 0 unspecified atom stereocenters. The van der Waals surface area contributed by atoms with Crippen molar-refractivity contribution in [2.45, 2.75) is 0 Å². The van der Waals surface area contributed by atoms with Gasteiger partial charge in [-0.05, 0) is 11.4 Å². The van der Waals surface area contributed by atoms with E-state index in [0.29, 0.717) is 0 Å². The second kappa shape index (κ2) is 5.94. The number of hydrogen-bond acceptors (Lipinski definition) is 6. The number of hydrogen-bond donors (Lipinski definition) is 0. The highest BCUT2D eigenvalue weighted by molar-refractivity contribution is 7.14. The number of carbonyl (C=O) groups is 2. The molecule has 2 heterocycles. The van der Waals surface area contributed by atoms with Gasteiger partial charge >= 0.3 is 5.97 Å². The quantitative estimate of drug-likeness (QED) is 0.811. The van der Waals surface area contributed by atoms with Gasteiger partial charge in [0.15, 0.2) is 12.3 Å². The smallest absolute Gasteiger partial charge is 0.358 e. The molecule has 0 saturated heterocycles. The van der Waals surface area contributed by atoms with Crippen molar-refractivity contribution in [2.24, 2.45) is 0 Å². The molecule has 0 aliphatic rings. The lowest BCUT2D eigenvalue weighted by Crippen LogP contribution is -2.27. The lowest BCUT2D eigenvalue weighted by atomic mass is 10.3. The first-order valence-corrected chi connectivity index (χ1v) is 7.25. The van der Waals surface area contributed by atoms with Crippen LogP contribution in [0.1, 0.15) is 10.5 Å². The van der Waals surface area contributed by atoms with Crippen molar-refractivity contribution in [1.29, 1.82) is 0 Å². The molecule has 0 N–H and O–H groups in total. The van der Waals surface area contributed by atoms with Crippen molar-refractivity contribution in [3.05, 3.63) is 27.9 Å². The average Bonchev–Trinajstić information content (AvgIpc) is 3.04. The molecular weight excluding hydrogens is 284 g/mol. The van der Waals surface area contributed by atoms with Gasteiger partial charge in [0.05, 0.1) is 0 Å². The van der Waals surface area contributed by atoms with Gasteiger partial charge in [0.1, 0.15) is 5.01 Å². The number of aromatic nitrogens is 1. The molecule has 0 bridgehead atoms. The minimum atomic E-state index is -0.576. The van der Waals surface area contributed by atoms with Gasteiger partial charge in [-0.1, -0.05) is 0 Å². The Kier molecular flexibility index (Phi) is 4.28. The number of esters is 1. The summed E-state index contributed by atoms with van der Waals surface area (Å²) in [6, 6.07) is 1.94. The number of nitrogens with zero attached hydrogens (tertiary/aromatic N) is 2. The maximum atomic E-state index is 11.7. The molecule has 0 aromatic carbocycles. The van der Waals surface area contributed by atoms with E-state index >= 15 is 0 Å². The predicted molar refractivity (Wildman–Crippen MR) is 74.4 cm³/mol. The van der Waals surface area contributed by atoms with Crippen LogP contribution in [0.4, 0.5) is 0 Å². The molecule has 2 rings (SSSR count). The van der Waals surface area contributed by atoms with Crippen LogP contribution in [0.2, 0.25) is 0 Å². The molecule has 0 atom stereocenters.